The van der Waals surface area contributed by atoms with Crippen molar-refractivity contribution in [2.75, 3.05) is 17.7 Å². The molecule has 1 fully saturated rings. The van der Waals surface area contributed by atoms with E-state index in [0.717, 1.165) is 41.8 Å². The number of nitrogens with one attached hydrogen (secondary N) is 2. The average molecular weight is 276 g/mol. The molecule has 0 radical (unpaired) electrons. The van der Waals surface area contributed by atoms with Crippen molar-refractivity contribution < 1.29 is 0 Å². The summed E-state index contributed by atoms with van der Waals surface area (Å²) in [6.45, 7) is 8.95. The zero-order valence-corrected chi connectivity index (χ0v) is 13.5. The Labute approximate surface area is 122 Å². The summed E-state index contributed by atoms with van der Waals surface area (Å²) in [6.07, 6.45) is 4.55. The Kier molecular flexibility index (Phi) is 4.84. The Morgan fingerprint density at radius 3 is 2.40 bits per heavy atom. The van der Waals surface area contributed by atoms with Gasteiger partial charge in [0.25, 0.3) is 0 Å². The first-order valence-corrected chi connectivity index (χ1v) is 7.88. The van der Waals surface area contributed by atoms with Crippen molar-refractivity contribution in [1.82, 2.24) is 9.97 Å². The second-order valence-electron chi connectivity index (χ2n) is 6.13. The van der Waals surface area contributed by atoms with E-state index in [4.69, 9.17) is 4.98 Å². The Bertz CT molecular complexity index is 458. The van der Waals surface area contributed by atoms with E-state index >= 15 is 0 Å². The molecule has 1 aliphatic rings. The van der Waals surface area contributed by atoms with Gasteiger partial charge in [0, 0.05) is 25.1 Å². The number of aromatic nitrogens is 2. The topological polar surface area (TPSA) is 49.8 Å². The molecule has 112 valence electrons. The van der Waals surface area contributed by atoms with E-state index in [-0.39, 0.29) is 0 Å². The summed E-state index contributed by atoms with van der Waals surface area (Å²) in [7, 11) is 1.93. The molecular formula is C16H28N4. The molecule has 0 amide bonds. The minimum absolute atomic E-state index is 0.540. The lowest BCUT2D eigenvalue weighted by Gasteiger charge is -2.22. The zero-order valence-electron chi connectivity index (χ0n) is 13.5. The maximum Gasteiger partial charge on any atom is 0.135 e. The smallest absolute Gasteiger partial charge is 0.135 e. The van der Waals surface area contributed by atoms with Gasteiger partial charge in [0.05, 0.1) is 0 Å². The first-order valence-electron chi connectivity index (χ1n) is 7.88. The van der Waals surface area contributed by atoms with Gasteiger partial charge in [0.15, 0.2) is 0 Å². The fourth-order valence-electron chi connectivity index (χ4n) is 3.03. The number of hydrogen-bond acceptors (Lipinski definition) is 4. The zero-order chi connectivity index (χ0) is 14.7. The molecule has 20 heavy (non-hydrogen) atoms. The van der Waals surface area contributed by atoms with Gasteiger partial charge < -0.3 is 10.6 Å². The Morgan fingerprint density at radius 1 is 1.15 bits per heavy atom. The van der Waals surface area contributed by atoms with Crippen LogP contribution in [0.4, 0.5) is 11.6 Å². The first-order chi connectivity index (χ1) is 9.56. The number of anilines is 2. The summed E-state index contributed by atoms with van der Waals surface area (Å²) in [5.41, 5.74) is 1.12. The summed E-state index contributed by atoms with van der Waals surface area (Å²) in [6, 6.07) is 0.540. The van der Waals surface area contributed by atoms with Gasteiger partial charge in [-0.3, -0.25) is 0 Å². The summed E-state index contributed by atoms with van der Waals surface area (Å²) in [5.74, 6) is 4.40. The molecule has 0 aromatic carbocycles. The predicted molar refractivity (Wildman–Crippen MR) is 85.3 cm³/mol. The summed E-state index contributed by atoms with van der Waals surface area (Å²) < 4.78 is 0. The largest absolute Gasteiger partial charge is 0.373 e. The number of nitrogens with zero attached hydrogens (tertiary/aromatic N) is 2. The van der Waals surface area contributed by atoms with Gasteiger partial charge in [-0.05, 0) is 38.0 Å². The van der Waals surface area contributed by atoms with Crippen molar-refractivity contribution in [3.63, 3.8) is 0 Å². The van der Waals surface area contributed by atoms with Crippen LogP contribution >= 0.6 is 0 Å². The van der Waals surface area contributed by atoms with Gasteiger partial charge in [0.2, 0.25) is 0 Å². The van der Waals surface area contributed by atoms with Crippen LogP contribution < -0.4 is 10.6 Å². The second-order valence-corrected chi connectivity index (χ2v) is 6.13. The normalized spacial score (nSPS) is 25.8. The van der Waals surface area contributed by atoms with Crippen LogP contribution in [0.2, 0.25) is 0 Å². The number of hydrogen-bond donors (Lipinski definition) is 2. The number of rotatable bonds is 5. The molecule has 1 aromatic rings. The van der Waals surface area contributed by atoms with Gasteiger partial charge in [0.1, 0.15) is 17.5 Å². The standard InChI is InChI=1S/C16H28N4/c1-6-7-14-19-15(17-5)12(4)16(20-14)18-13-9-8-10(2)11(13)3/h10-11,13H,6-9H2,1-5H3,(H2,17,18,19,20). The van der Waals surface area contributed by atoms with Crippen molar-refractivity contribution in [2.45, 2.75) is 59.4 Å². The van der Waals surface area contributed by atoms with E-state index in [1.807, 2.05) is 7.05 Å². The molecule has 1 saturated carbocycles. The third kappa shape index (κ3) is 3.05. The van der Waals surface area contributed by atoms with Crippen molar-refractivity contribution in [1.29, 1.82) is 0 Å². The quantitative estimate of drug-likeness (QED) is 0.862. The van der Waals surface area contributed by atoms with Crippen molar-refractivity contribution >= 4 is 11.6 Å². The van der Waals surface area contributed by atoms with E-state index in [1.165, 1.54) is 12.8 Å². The van der Waals surface area contributed by atoms with E-state index in [1.54, 1.807) is 0 Å². The summed E-state index contributed by atoms with van der Waals surface area (Å²) in [4.78, 5) is 9.32. The fraction of sp³-hybridized carbons (Fsp3) is 0.750. The highest BCUT2D eigenvalue weighted by atomic mass is 15.1. The Balaban J connectivity index is 2.23. The highest BCUT2D eigenvalue weighted by Crippen LogP contribution is 2.34. The van der Waals surface area contributed by atoms with Gasteiger partial charge in [-0.2, -0.15) is 0 Å². The fourth-order valence-corrected chi connectivity index (χ4v) is 3.03. The van der Waals surface area contributed by atoms with Gasteiger partial charge in [-0.1, -0.05) is 20.8 Å². The van der Waals surface area contributed by atoms with Crippen LogP contribution in [0.15, 0.2) is 0 Å². The molecule has 4 nitrogen and oxygen atoms in total. The molecule has 3 atom stereocenters. The Hall–Kier alpha value is -1.32. The molecule has 2 rings (SSSR count). The van der Waals surface area contributed by atoms with Crippen molar-refractivity contribution in [3.05, 3.63) is 11.4 Å². The second kappa shape index (κ2) is 6.42. The molecule has 1 heterocycles. The van der Waals surface area contributed by atoms with Crippen molar-refractivity contribution in [2.24, 2.45) is 11.8 Å². The lowest BCUT2D eigenvalue weighted by molar-refractivity contribution is 0.435. The van der Waals surface area contributed by atoms with E-state index < -0.39 is 0 Å². The minimum atomic E-state index is 0.540. The van der Waals surface area contributed by atoms with Gasteiger partial charge in [-0.15, -0.1) is 0 Å². The SMILES string of the molecule is CCCc1nc(NC)c(C)c(NC2CCC(C)C2C)n1. The minimum Gasteiger partial charge on any atom is -0.373 e. The Morgan fingerprint density at radius 2 is 1.85 bits per heavy atom. The van der Waals surface area contributed by atoms with Crippen LogP contribution in [0.1, 0.15) is 51.4 Å². The number of aryl methyl sites for hydroxylation is 1. The third-order valence-corrected chi connectivity index (χ3v) is 4.69. The molecule has 1 aromatic heterocycles. The van der Waals surface area contributed by atoms with E-state index in [0.29, 0.717) is 12.0 Å². The maximum atomic E-state index is 4.73. The van der Waals surface area contributed by atoms with E-state index in [9.17, 15) is 0 Å². The molecular weight excluding hydrogens is 248 g/mol. The van der Waals surface area contributed by atoms with Crippen LogP contribution in [0.3, 0.4) is 0 Å². The van der Waals surface area contributed by atoms with Crippen LogP contribution in [0, 0.1) is 18.8 Å². The van der Waals surface area contributed by atoms with Crippen LogP contribution in [-0.2, 0) is 6.42 Å². The van der Waals surface area contributed by atoms with Crippen LogP contribution in [-0.4, -0.2) is 23.1 Å². The van der Waals surface area contributed by atoms with Crippen LogP contribution in [0.5, 0.6) is 0 Å². The van der Waals surface area contributed by atoms with Gasteiger partial charge in [-0.25, -0.2) is 9.97 Å². The summed E-state index contributed by atoms with van der Waals surface area (Å²) >= 11 is 0. The highest BCUT2D eigenvalue weighted by molar-refractivity contribution is 5.57. The molecule has 2 N–H and O–H groups in total. The average Bonchev–Trinajstić information content (AvgIpc) is 2.74. The maximum absolute atomic E-state index is 4.73. The lowest BCUT2D eigenvalue weighted by atomic mass is 9.98. The third-order valence-electron chi connectivity index (χ3n) is 4.69. The van der Waals surface area contributed by atoms with E-state index in [2.05, 4.69) is 43.3 Å². The molecule has 0 aliphatic heterocycles. The summed E-state index contributed by atoms with van der Waals surface area (Å²) in [5, 5.41) is 6.86. The molecule has 0 bridgehead atoms. The molecule has 1 aliphatic carbocycles. The predicted octanol–water partition coefficient (Wildman–Crippen LogP) is 3.63. The highest BCUT2D eigenvalue weighted by Gasteiger charge is 2.30. The lowest BCUT2D eigenvalue weighted by Crippen LogP contribution is -2.25. The first kappa shape index (κ1) is 15.1. The van der Waals surface area contributed by atoms with Crippen LogP contribution in [0.25, 0.3) is 0 Å². The molecule has 0 spiro atoms. The molecule has 3 unspecified atom stereocenters. The monoisotopic (exact) mass is 276 g/mol. The molecule has 4 heteroatoms. The molecule has 0 saturated heterocycles. The van der Waals surface area contributed by atoms with Gasteiger partial charge >= 0.3 is 0 Å². The van der Waals surface area contributed by atoms with Crippen molar-refractivity contribution in [3.8, 4) is 0 Å².